The van der Waals surface area contributed by atoms with E-state index in [9.17, 15) is 0 Å². The van der Waals surface area contributed by atoms with E-state index < -0.39 is 0 Å². The summed E-state index contributed by atoms with van der Waals surface area (Å²) in [7, 11) is 1.65. The van der Waals surface area contributed by atoms with Crippen molar-refractivity contribution < 1.29 is 4.74 Å². The van der Waals surface area contributed by atoms with Crippen molar-refractivity contribution in [2.75, 3.05) is 7.11 Å². The lowest BCUT2D eigenvalue weighted by molar-refractivity contribution is 0.414. The van der Waals surface area contributed by atoms with Crippen LogP contribution in [0.3, 0.4) is 0 Å². The van der Waals surface area contributed by atoms with Crippen LogP contribution in [-0.2, 0) is 6.42 Å². The topological polar surface area (TPSA) is 9.23 Å². The molecule has 0 saturated carbocycles. The Morgan fingerprint density at radius 2 is 2.00 bits per heavy atom. The summed E-state index contributed by atoms with van der Waals surface area (Å²) in [5.74, 6) is 0.865. The molecule has 0 fully saturated rings. The molecule has 0 unspecified atom stereocenters. The van der Waals surface area contributed by atoms with Crippen LogP contribution in [0, 0.1) is 0 Å². The summed E-state index contributed by atoms with van der Waals surface area (Å²) in [6, 6.07) is 7.81. The molecule has 1 aromatic rings. The second-order valence-electron chi connectivity index (χ2n) is 2.42. The quantitative estimate of drug-likeness (QED) is 0.590. The van der Waals surface area contributed by atoms with Crippen LogP contribution in [0.2, 0.25) is 0 Å². The lowest BCUT2D eigenvalue weighted by Crippen LogP contribution is -1.91. The Labute approximate surface area is 83.2 Å². The average molecular weight is 198 g/mol. The maximum Gasteiger partial charge on any atom is 0.118 e. The Balaban J connectivity index is 2.71. The third-order valence-corrected chi connectivity index (χ3v) is 1.82. The summed E-state index contributed by atoms with van der Waals surface area (Å²) in [4.78, 5) is 0. The van der Waals surface area contributed by atoms with E-state index in [2.05, 4.69) is 12.6 Å². The third-order valence-electron chi connectivity index (χ3n) is 1.51. The highest BCUT2D eigenvalue weighted by Crippen LogP contribution is 2.12. The van der Waals surface area contributed by atoms with Crippen molar-refractivity contribution in [3.05, 3.63) is 29.8 Å². The van der Waals surface area contributed by atoms with E-state index in [4.69, 9.17) is 17.0 Å². The number of thiol groups is 1. The van der Waals surface area contributed by atoms with Crippen LogP contribution in [0.4, 0.5) is 0 Å². The van der Waals surface area contributed by atoms with Crippen molar-refractivity contribution >= 4 is 29.0 Å². The fourth-order valence-corrected chi connectivity index (χ4v) is 1.27. The lowest BCUT2D eigenvalue weighted by atomic mass is 10.2. The smallest absolute Gasteiger partial charge is 0.118 e. The molecule has 12 heavy (non-hydrogen) atoms. The van der Waals surface area contributed by atoms with Gasteiger partial charge in [-0.15, -0.1) is 12.6 Å². The zero-order valence-electron chi connectivity index (χ0n) is 6.78. The second-order valence-corrected chi connectivity index (χ2v) is 3.75. The first-order valence-electron chi connectivity index (χ1n) is 3.57. The van der Waals surface area contributed by atoms with Gasteiger partial charge in [-0.25, -0.2) is 0 Å². The molecular formula is C9H10OS2. The van der Waals surface area contributed by atoms with Gasteiger partial charge in [-0.1, -0.05) is 24.4 Å². The number of thiocarbonyl (C=S) groups is 1. The molecule has 0 heterocycles. The highest BCUT2D eigenvalue weighted by molar-refractivity contribution is 8.11. The molecule has 1 aromatic carbocycles. The van der Waals surface area contributed by atoms with Gasteiger partial charge < -0.3 is 4.74 Å². The van der Waals surface area contributed by atoms with Crippen LogP contribution in [0.15, 0.2) is 24.3 Å². The van der Waals surface area contributed by atoms with Crippen LogP contribution < -0.4 is 4.74 Å². The number of rotatable bonds is 3. The van der Waals surface area contributed by atoms with Crippen molar-refractivity contribution in [2.24, 2.45) is 0 Å². The van der Waals surface area contributed by atoms with Gasteiger partial charge in [0.1, 0.15) is 5.75 Å². The van der Waals surface area contributed by atoms with Crippen molar-refractivity contribution in [2.45, 2.75) is 6.42 Å². The molecule has 0 spiro atoms. The van der Waals surface area contributed by atoms with E-state index in [1.165, 1.54) is 0 Å². The average Bonchev–Trinajstić information content (AvgIpc) is 2.05. The zero-order valence-corrected chi connectivity index (χ0v) is 8.49. The Morgan fingerprint density at radius 1 is 1.42 bits per heavy atom. The summed E-state index contributed by atoms with van der Waals surface area (Å²) < 4.78 is 5.73. The van der Waals surface area contributed by atoms with Gasteiger partial charge in [0.25, 0.3) is 0 Å². The van der Waals surface area contributed by atoms with Crippen molar-refractivity contribution in [3.8, 4) is 5.75 Å². The van der Waals surface area contributed by atoms with E-state index in [1.807, 2.05) is 24.3 Å². The normalized spacial score (nSPS) is 9.50. The lowest BCUT2D eigenvalue weighted by Gasteiger charge is -2.01. The molecule has 0 aliphatic carbocycles. The zero-order chi connectivity index (χ0) is 8.97. The summed E-state index contributed by atoms with van der Waals surface area (Å²) in [5, 5.41) is 0. The van der Waals surface area contributed by atoms with E-state index in [1.54, 1.807) is 7.11 Å². The third kappa shape index (κ3) is 2.83. The molecule has 64 valence electrons. The SMILES string of the molecule is COc1ccc(CC(=S)S)cc1. The van der Waals surface area contributed by atoms with Crippen molar-refractivity contribution in [1.29, 1.82) is 0 Å². The molecular weight excluding hydrogens is 188 g/mol. The van der Waals surface area contributed by atoms with Crippen molar-refractivity contribution in [3.63, 3.8) is 0 Å². The van der Waals surface area contributed by atoms with Gasteiger partial charge in [0.15, 0.2) is 0 Å². The Morgan fingerprint density at radius 3 is 2.42 bits per heavy atom. The minimum absolute atomic E-state index is 0.708. The number of hydrogen-bond donors (Lipinski definition) is 1. The van der Waals surface area contributed by atoms with E-state index in [0.717, 1.165) is 17.7 Å². The maximum absolute atomic E-state index is 5.02. The highest BCUT2D eigenvalue weighted by Gasteiger charge is 1.95. The van der Waals surface area contributed by atoms with Gasteiger partial charge in [0, 0.05) is 10.6 Å². The van der Waals surface area contributed by atoms with Gasteiger partial charge in [-0.05, 0) is 17.7 Å². The molecule has 0 atom stereocenters. The van der Waals surface area contributed by atoms with Crippen LogP contribution in [-0.4, -0.2) is 11.3 Å². The van der Waals surface area contributed by atoms with Gasteiger partial charge >= 0.3 is 0 Å². The summed E-state index contributed by atoms with van der Waals surface area (Å²) in [6.07, 6.45) is 0.739. The summed E-state index contributed by atoms with van der Waals surface area (Å²) >= 11 is 8.93. The van der Waals surface area contributed by atoms with Gasteiger partial charge in [0.05, 0.1) is 7.11 Å². The predicted octanol–water partition coefficient (Wildman–Crippen LogP) is 2.49. The first-order valence-corrected chi connectivity index (χ1v) is 4.42. The highest BCUT2D eigenvalue weighted by atomic mass is 32.1. The van der Waals surface area contributed by atoms with Gasteiger partial charge in [0.2, 0.25) is 0 Å². The molecule has 0 aliphatic rings. The molecule has 0 N–H and O–H groups in total. The van der Waals surface area contributed by atoms with Crippen LogP contribution in [0.25, 0.3) is 0 Å². The maximum atomic E-state index is 5.02. The minimum atomic E-state index is 0.708. The molecule has 0 amide bonds. The van der Waals surface area contributed by atoms with Gasteiger partial charge in [-0.2, -0.15) is 0 Å². The summed E-state index contributed by atoms with van der Waals surface area (Å²) in [6.45, 7) is 0. The molecule has 0 bridgehead atoms. The van der Waals surface area contributed by atoms with E-state index >= 15 is 0 Å². The fourth-order valence-electron chi connectivity index (χ4n) is 0.918. The van der Waals surface area contributed by atoms with Crippen LogP contribution in [0.1, 0.15) is 5.56 Å². The Kier molecular flexibility index (Phi) is 3.56. The standard InChI is InChI=1S/C9H10OS2/c1-10-8-4-2-7(3-5-8)6-9(11)12/h2-5H,6H2,1H3,(H,11,12). The minimum Gasteiger partial charge on any atom is -0.497 e. The number of methoxy groups -OCH3 is 1. The summed E-state index contributed by atoms with van der Waals surface area (Å²) in [5.41, 5.74) is 1.16. The number of hydrogen-bond acceptors (Lipinski definition) is 2. The fraction of sp³-hybridized carbons (Fsp3) is 0.222. The predicted molar refractivity (Wildman–Crippen MR) is 58.3 cm³/mol. The number of benzene rings is 1. The Hall–Kier alpha value is -0.540. The molecule has 0 radical (unpaired) electrons. The monoisotopic (exact) mass is 198 g/mol. The van der Waals surface area contributed by atoms with Crippen LogP contribution >= 0.6 is 24.8 Å². The molecule has 1 nitrogen and oxygen atoms in total. The van der Waals surface area contributed by atoms with Crippen molar-refractivity contribution in [1.82, 2.24) is 0 Å². The van der Waals surface area contributed by atoms with E-state index in [0.29, 0.717) is 4.20 Å². The molecule has 0 saturated heterocycles. The van der Waals surface area contributed by atoms with Gasteiger partial charge in [-0.3, -0.25) is 0 Å². The first kappa shape index (κ1) is 9.55. The first-order chi connectivity index (χ1) is 5.72. The largest absolute Gasteiger partial charge is 0.497 e. The molecule has 1 rings (SSSR count). The number of ether oxygens (including phenoxy) is 1. The molecule has 3 heteroatoms. The van der Waals surface area contributed by atoms with E-state index in [-0.39, 0.29) is 0 Å². The molecule has 0 aromatic heterocycles. The van der Waals surface area contributed by atoms with Crippen LogP contribution in [0.5, 0.6) is 5.75 Å². The molecule has 0 aliphatic heterocycles. The second kappa shape index (κ2) is 4.48. The Bertz CT molecular complexity index is 266.